The number of ether oxygens (including phenoxy) is 1. The van der Waals surface area contributed by atoms with Gasteiger partial charge in [0, 0.05) is 34.9 Å². The summed E-state index contributed by atoms with van der Waals surface area (Å²) in [5, 5.41) is 11.9. The SMILES string of the molecule is COc1cc(Cl)cc2cc(C(=O)C3=C(O)C(=O)N(C4CCCC4)C3c3cccnc3)oc12. The summed E-state index contributed by atoms with van der Waals surface area (Å²) in [5.41, 5.74) is 1.03. The molecule has 2 aromatic heterocycles. The second-order valence-corrected chi connectivity index (χ2v) is 8.50. The number of hydrogen-bond acceptors (Lipinski definition) is 6. The fraction of sp³-hybridized carbons (Fsp3) is 0.292. The minimum atomic E-state index is -0.731. The quantitative estimate of drug-likeness (QED) is 0.547. The Morgan fingerprint density at radius 2 is 2.06 bits per heavy atom. The first-order valence-electron chi connectivity index (χ1n) is 10.5. The Balaban J connectivity index is 1.62. The van der Waals surface area contributed by atoms with E-state index in [1.54, 1.807) is 47.6 Å². The van der Waals surface area contributed by atoms with Gasteiger partial charge in [-0.15, -0.1) is 0 Å². The van der Waals surface area contributed by atoms with E-state index in [-0.39, 0.29) is 17.4 Å². The van der Waals surface area contributed by atoms with E-state index in [4.69, 9.17) is 20.8 Å². The van der Waals surface area contributed by atoms with E-state index >= 15 is 0 Å². The molecule has 0 saturated heterocycles. The van der Waals surface area contributed by atoms with Gasteiger partial charge in [0.25, 0.3) is 5.91 Å². The second kappa shape index (κ2) is 7.98. The van der Waals surface area contributed by atoms with E-state index in [9.17, 15) is 14.7 Å². The highest BCUT2D eigenvalue weighted by atomic mass is 35.5. The summed E-state index contributed by atoms with van der Waals surface area (Å²) in [5.74, 6) is -1.24. The van der Waals surface area contributed by atoms with Crippen molar-refractivity contribution in [3.05, 3.63) is 70.4 Å². The number of methoxy groups -OCH3 is 1. The van der Waals surface area contributed by atoms with Gasteiger partial charge in [-0.25, -0.2) is 0 Å². The maximum Gasteiger partial charge on any atom is 0.290 e. The number of ketones is 1. The lowest BCUT2D eigenvalue weighted by molar-refractivity contribution is -0.131. The van der Waals surface area contributed by atoms with Crippen LogP contribution in [0.2, 0.25) is 5.02 Å². The van der Waals surface area contributed by atoms with Crippen LogP contribution < -0.4 is 4.74 Å². The molecule has 1 aliphatic heterocycles. The highest BCUT2D eigenvalue weighted by molar-refractivity contribution is 6.31. The van der Waals surface area contributed by atoms with Crippen molar-refractivity contribution >= 4 is 34.3 Å². The lowest BCUT2D eigenvalue weighted by Crippen LogP contribution is -2.38. The summed E-state index contributed by atoms with van der Waals surface area (Å²) in [6.45, 7) is 0. The summed E-state index contributed by atoms with van der Waals surface area (Å²) in [6.07, 6.45) is 6.91. The van der Waals surface area contributed by atoms with Crippen LogP contribution in [-0.2, 0) is 4.79 Å². The van der Waals surface area contributed by atoms with E-state index < -0.39 is 23.5 Å². The van der Waals surface area contributed by atoms with Crippen molar-refractivity contribution in [2.45, 2.75) is 37.8 Å². The maximum absolute atomic E-state index is 13.6. The number of aliphatic hydroxyl groups excluding tert-OH is 1. The molecule has 1 N–H and O–H groups in total. The van der Waals surface area contributed by atoms with Crippen LogP contribution in [0, 0.1) is 0 Å². The van der Waals surface area contributed by atoms with Gasteiger partial charge >= 0.3 is 0 Å². The van der Waals surface area contributed by atoms with Gasteiger partial charge in [-0.1, -0.05) is 30.5 Å². The van der Waals surface area contributed by atoms with Gasteiger partial charge in [0.05, 0.1) is 18.7 Å². The van der Waals surface area contributed by atoms with Crippen LogP contribution in [0.4, 0.5) is 0 Å². The molecule has 32 heavy (non-hydrogen) atoms. The molecule has 1 saturated carbocycles. The average molecular weight is 453 g/mol. The smallest absolute Gasteiger partial charge is 0.290 e. The molecule has 8 heteroatoms. The predicted molar refractivity (Wildman–Crippen MR) is 118 cm³/mol. The Bertz CT molecular complexity index is 1240. The van der Waals surface area contributed by atoms with Gasteiger partial charge in [-0.2, -0.15) is 0 Å². The summed E-state index contributed by atoms with van der Waals surface area (Å²) < 4.78 is 11.1. The molecule has 0 spiro atoms. The number of pyridine rings is 1. The summed E-state index contributed by atoms with van der Waals surface area (Å²) in [7, 11) is 1.48. The van der Waals surface area contributed by atoms with Crippen molar-refractivity contribution in [2.24, 2.45) is 0 Å². The topological polar surface area (TPSA) is 92.9 Å². The number of aliphatic hydroxyl groups is 1. The van der Waals surface area contributed by atoms with Gasteiger partial charge in [0.2, 0.25) is 5.78 Å². The predicted octanol–water partition coefficient (Wildman–Crippen LogP) is 5.01. The van der Waals surface area contributed by atoms with E-state index in [0.29, 0.717) is 27.3 Å². The van der Waals surface area contributed by atoms with Crippen LogP contribution in [0.15, 0.2) is 58.5 Å². The number of hydrogen-bond donors (Lipinski definition) is 1. The number of rotatable bonds is 5. The molecule has 0 radical (unpaired) electrons. The molecular formula is C24H21ClN2O5. The minimum absolute atomic E-state index is 0.000908. The molecule has 164 valence electrons. The van der Waals surface area contributed by atoms with E-state index in [1.807, 2.05) is 0 Å². The Morgan fingerprint density at radius 3 is 2.75 bits per heavy atom. The summed E-state index contributed by atoms with van der Waals surface area (Å²) in [6, 6.07) is 7.59. The average Bonchev–Trinajstić information content (AvgIpc) is 3.52. The zero-order chi connectivity index (χ0) is 22.4. The van der Waals surface area contributed by atoms with Crippen LogP contribution in [0.1, 0.15) is 47.8 Å². The molecule has 1 amide bonds. The zero-order valence-electron chi connectivity index (χ0n) is 17.4. The van der Waals surface area contributed by atoms with Gasteiger partial charge in [0.1, 0.15) is 0 Å². The molecule has 2 aliphatic rings. The van der Waals surface area contributed by atoms with Crippen LogP contribution in [0.25, 0.3) is 11.0 Å². The molecule has 7 nitrogen and oxygen atoms in total. The molecule has 1 aliphatic carbocycles. The van der Waals surface area contributed by atoms with Crippen molar-refractivity contribution < 1.29 is 23.8 Å². The maximum atomic E-state index is 13.6. The number of carbonyl (C=O) groups excluding carboxylic acids is 2. The molecule has 5 rings (SSSR count). The first-order valence-corrected chi connectivity index (χ1v) is 10.8. The number of fused-ring (bicyclic) bond motifs is 1. The number of furan rings is 1. The highest BCUT2D eigenvalue weighted by Crippen LogP contribution is 2.43. The third kappa shape index (κ3) is 3.24. The van der Waals surface area contributed by atoms with Gasteiger partial charge in [-0.3, -0.25) is 14.6 Å². The number of carbonyl (C=O) groups is 2. The molecule has 1 atom stereocenters. The lowest BCUT2D eigenvalue weighted by atomic mass is 9.95. The molecule has 3 heterocycles. The van der Waals surface area contributed by atoms with E-state index in [1.165, 1.54) is 7.11 Å². The Labute approximate surface area is 189 Å². The van der Waals surface area contributed by atoms with E-state index in [2.05, 4.69) is 4.98 Å². The fourth-order valence-electron chi connectivity index (χ4n) is 4.76. The van der Waals surface area contributed by atoms with Crippen molar-refractivity contribution in [1.82, 2.24) is 9.88 Å². The third-order valence-electron chi connectivity index (χ3n) is 6.20. The standard InChI is InChI=1S/C24H21ClN2O5/c1-31-18-11-15(25)9-14-10-17(32-23(14)18)21(28)19-20(13-5-4-8-26-12-13)27(24(30)22(19)29)16-6-2-3-7-16/h4-5,8-12,16,20,29H,2-3,6-7H2,1H3. The summed E-state index contributed by atoms with van der Waals surface area (Å²) in [4.78, 5) is 32.5. The van der Waals surface area contributed by atoms with Crippen LogP contribution in [0.5, 0.6) is 5.75 Å². The van der Waals surface area contributed by atoms with Crippen molar-refractivity contribution in [3.8, 4) is 5.75 Å². The molecule has 3 aromatic rings. The monoisotopic (exact) mass is 452 g/mol. The van der Waals surface area contributed by atoms with Crippen LogP contribution >= 0.6 is 11.6 Å². The molecule has 1 unspecified atom stereocenters. The zero-order valence-corrected chi connectivity index (χ0v) is 18.1. The Morgan fingerprint density at radius 1 is 1.28 bits per heavy atom. The number of benzene rings is 1. The number of nitrogens with zero attached hydrogens (tertiary/aromatic N) is 2. The van der Waals surface area contributed by atoms with Gasteiger partial charge in [0.15, 0.2) is 22.9 Å². The Kier molecular flexibility index (Phi) is 5.13. The molecule has 1 fully saturated rings. The lowest BCUT2D eigenvalue weighted by Gasteiger charge is -2.31. The van der Waals surface area contributed by atoms with Crippen molar-refractivity contribution in [1.29, 1.82) is 0 Å². The molecule has 0 bridgehead atoms. The third-order valence-corrected chi connectivity index (χ3v) is 6.42. The van der Waals surface area contributed by atoms with Gasteiger partial charge < -0.3 is 19.2 Å². The number of amides is 1. The second-order valence-electron chi connectivity index (χ2n) is 8.07. The highest BCUT2D eigenvalue weighted by Gasteiger charge is 2.47. The van der Waals surface area contributed by atoms with Crippen molar-refractivity contribution in [3.63, 3.8) is 0 Å². The summed E-state index contributed by atoms with van der Waals surface area (Å²) >= 11 is 6.14. The van der Waals surface area contributed by atoms with E-state index in [0.717, 1.165) is 25.7 Å². The van der Waals surface area contributed by atoms with Crippen molar-refractivity contribution in [2.75, 3.05) is 7.11 Å². The number of halogens is 1. The normalized spacial score (nSPS) is 19.4. The Hall–Kier alpha value is -3.32. The fourth-order valence-corrected chi connectivity index (χ4v) is 4.98. The first kappa shape index (κ1) is 20.6. The van der Waals surface area contributed by atoms with Crippen LogP contribution in [0.3, 0.4) is 0 Å². The molecular weight excluding hydrogens is 432 g/mol. The van der Waals surface area contributed by atoms with Crippen LogP contribution in [-0.4, -0.2) is 39.8 Å². The minimum Gasteiger partial charge on any atom is -0.503 e. The van der Waals surface area contributed by atoms with Gasteiger partial charge in [-0.05, 0) is 36.6 Å². The first-order chi connectivity index (χ1) is 15.5. The largest absolute Gasteiger partial charge is 0.503 e. The number of aromatic nitrogens is 1. The molecule has 1 aromatic carbocycles. The number of Topliss-reactive ketones (excluding diaryl/α,β-unsaturated/α-hetero) is 1.